The van der Waals surface area contributed by atoms with Crippen LogP contribution in [0.2, 0.25) is 0 Å². The molecule has 1 saturated heterocycles. The number of ether oxygens (including phenoxy) is 3. The van der Waals surface area contributed by atoms with E-state index in [9.17, 15) is 9.59 Å². The van der Waals surface area contributed by atoms with E-state index < -0.39 is 6.09 Å². The van der Waals surface area contributed by atoms with Crippen LogP contribution in [-0.2, 0) is 32.2 Å². The quantitative estimate of drug-likeness (QED) is 0.225. The molecular weight excluding hydrogens is 530 g/mol. The zero-order valence-electron chi connectivity index (χ0n) is 24.5. The summed E-state index contributed by atoms with van der Waals surface area (Å²) in [4.78, 5) is 25.3. The summed E-state index contributed by atoms with van der Waals surface area (Å²) in [5.74, 6) is 0.856. The number of hydrogen-bond acceptors (Lipinski definition) is 6. The summed E-state index contributed by atoms with van der Waals surface area (Å²) in [6.07, 6.45) is 8.44. The molecule has 8 heteroatoms. The Labute approximate surface area is 245 Å². The molecule has 0 atom stereocenters. The van der Waals surface area contributed by atoms with Crippen LogP contribution >= 0.6 is 0 Å². The molecule has 0 radical (unpaired) electrons. The number of nitrogens with zero attached hydrogens (tertiary/aromatic N) is 3. The molecule has 0 amide bonds. The maximum absolute atomic E-state index is 13.2. The van der Waals surface area contributed by atoms with Crippen molar-refractivity contribution in [1.29, 1.82) is 0 Å². The van der Waals surface area contributed by atoms with E-state index in [2.05, 4.69) is 28.7 Å². The highest BCUT2D eigenvalue weighted by Crippen LogP contribution is 2.65. The SMILES string of the molecule is CCCn1c(C2CCOCC2)c(C2CC3(CC(C(=O)OC)C3)C2)c2cc3c(cnn3C(=O)OCc3ccccc3)cc21. The molecule has 4 aromatic rings. The summed E-state index contributed by atoms with van der Waals surface area (Å²) in [5, 5.41) is 6.61. The van der Waals surface area contributed by atoms with E-state index in [1.54, 1.807) is 6.20 Å². The van der Waals surface area contributed by atoms with Crippen molar-refractivity contribution in [2.45, 2.75) is 76.9 Å². The van der Waals surface area contributed by atoms with Crippen LogP contribution in [0.25, 0.3) is 21.8 Å². The summed E-state index contributed by atoms with van der Waals surface area (Å²) in [5.41, 5.74) is 6.08. The number of benzene rings is 2. The van der Waals surface area contributed by atoms with Crippen molar-refractivity contribution in [3.8, 4) is 0 Å². The predicted molar refractivity (Wildman–Crippen MR) is 159 cm³/mol. The molecule has 0 N–H and O–H groups in total. The number of fused-ring (bicyclic) bond motifs is 2. The molecule has 2 saturated carbocycles. The first-order valence-electron chi connectivity index (χ1n) is 15.4. The zero-order chi connectivity index (χ0) is 28.8. The number of rotatable bonds is 7. The molecule has 3 fully saturated rings. The van der Waals surface area contributed by atoms with E-state index in [0.717, 1.165) is 81.2 Å². The number of methoxy groups -OCH3 is 1. The Bertz CT molecular complexity index is 1620. The van der Waals surface area contributed by atoms with E-state index in [1.807, 2.05) is 30.3 Å². The monoisotopic (exact) mass is 569 g/mol. The van der Waals surface area contributed by atoms with Gasteiger partial charge in [-0.05, 0) is 79.5 Å². The maximum Gasteiger partial charge on any atom is 0.435 e. The average molecular weight is 570 g/mol. The largest absolute Gasteiger partial charge is 0.469 e. The van der Waals surface area contributed by atoms with E-state index in [0.29, 0.717) is 11.8 Å². The highest BCUT2D eigenvalue weighted by Gasteiger charge is 2.56. The summed E-state index contributed by atoms with van der Waals surface area (Å²) in [7, 11) is 1.49. The van der Waals surface area contributed by atoms with Crippen molar-refractivity contribution in [2.75, 3.05) is 20.3 Å². The predicted octanol–water partition coefficient (Wildman–Crippen LogP) is 6.93. The first kappa shape index (κ1) is 27.2. The highest BCUT2D eigenvalue weighted by molar-refractivity contribution is 6.00. The zero-order valence-corrected chi connectivity index (χ0v) is 24.5. The number of aryl methyl sites for hydroxylation is 1. The van der Waals surface area contributed by atoms with Gasteiger partial charge in [0, 0.05) is 47.7 Å². The minimum atomic E-state index is -0.474. The minimum absolute atomic E-state index is 0.0447. The van der Waals surface area contributed by atoms with Gasteiger partial charge >= 0.3 is 12.1 Å². The molecule has 1 aliphatic heterocycles. The molecule has 3 heterocycles. The van der Waals surface area contributed by atoms with E-state index in [-0.39, 0.29) is 23.9 Å². The van der Waals surface area contributed by atoms with Gasteiger partial charge in [0.2, 0.25) is 0 Å². The first-order chi connectivity index (χ1) is 20.5. The van der Waals surface area contributed by atoms with Gasteiger partial charge in [0.15, 0.2) is 0 Å². The number of esters is 1. The van der Waals surface area contributed by atoms with Crippen LogP contribution in [0.5, 0.6) is 0 Å². The van der Waals surface area contributed by atoms with Crippen molar-refractivity contribution in [1.82, 2.24) is 14.3 Å². The highest BCUT2D eigenvalue weighted by atomic mass is 16.6. The third kappa shape index (κ3) is 4.60. The molecule has 2 aromatic heterocycles. The minimum Gasteiger partial charge on any atom is -0.469 e. The van der Waals surface area contributed by atoms with Crippen LogP contribution in [0.1, 0.15) is 80.5 Å². The molecular formula is C34H39N3O5. The lowest BCUT2D eigenvalue weighted by Gasteiger charge is -2.57. The molecule has 42 heavy (non-hydrogen) atoms. The number of hydrogen-bond donors (Lipinski definition) is 0. The Kier molecular flexibility index (Phi) is 7.05. The van der Waals surface area contributed by atoms with Crippen molar-refractivity contribution < 1.29 is 23.8 Å². The van der Waals surface area contributed by atoms with Crippen molar-refractivity contribution in [3.63, 3.8) is 0 Å². The molecule has 1 spiro atoms. The molecule has 0 bridgehead atoms. The molecule has 2 aromatic carbocycles. The van der Waals surface area contributed by atoms with Gasteiger partial charge in [-0.15, -0.1) is 0 Å². The van der Waals surface area contributed by atoms with E-state index >= 15 is 0 Å². The van der Waals surface area contributed by atoms with Crippen LogP contribution in [0, 0.1) is 11.3 Å². The van der Waals surface area contributed by atoms with E-state index in [1.165, 1.54) is 34.0 Å². The van der Waals surface area contributed by atoms with Gasteiger partial charge in [-0.1, -0.05) is 37.3 Å². The van der Waals surface area contributed by atoms with Gasteiger partial charge in [0.1, 0.15) is 6.61 Å². The lowest BCUT2D eigenvalue weighted by Crippen LogP contribution is -2.49. The summed E-state index contributed by atoms with van der Waals surface area (Å²) >= 11 is 0. The van der Waals surface area contributed by atoms with Gasteiger partial charge in [-0.2, -0.15) is 9.78 Å². The molecule has 0 unspecified atom stereocenters. The molecule has 8 nitrogen and oxygen atoms in total. The lowest BCUT2D eigenvalue weighted by atomic mass is 9.47. The van der Waals surface area contributed by atoms with Gasteiger partial charge in [0.05, 0.1) is 24.7 Å². The smallest absolute Gasteiger partial charge is 0.435 e. The second kappa shape index (κ2) is 10.9. The second-order valence-corrected chi connectivity index (χ2v) is 12.6. The van der Waals surface area contributed by atoms with Crippen LogP contribution in [-0.4, -0.2) is 46.7 Å². The van der Waals surface area contributed by atoms with Gasteiger partial charge in [0.25, 0.3) is 0 Å². The number of aromatic nitrogens is 3. The maximum atomic E-state index is 13.2. The second-order valence-electron chi connectivity index (χ2n) is 12.6. The standard InChI is InChI=1S/C34H39N3O5/c1-3-11-36-29-14-24-20-35-37(33(39)42-21-22-7-5-4-6-8-22)28(24)15-27(29)30(31(36)23-9-12-41-13-10-23)25-16-34(17-25)18-26(19-34)32(38)40-2/h4-8,14-15,20,23,25-26H,3,9-13,16-19,21H2,1-2H3. The van der Waals surface area contributed by atoms with Gasteiger partial charge < -0.3 is 18.8 Å². The fourth-order valence-corrected chi connectivity index (χ4v) is 7.99. The lowest BCUT2D eigenvalue weighted by molar-refractivity contribution is -0.159. The summed E-state index contributed by atoms with van der Waals surface area (Å²) in [6.45, 7) is 4.96. The van der Waals surface area contributed by atoms with Crippen LogP contribution in [0.15, 0.2) is 48.7 Å². The fraction of sp³-hybridized carbons (Fsp3) is 0.500. The van der Waals surface area contributed by atoms with Gasteiger partial charge in [-0.25, -0.2) is 4.79 Å². The molecule has 2 aliphatic carbocycles. The van der Waals surface area contributed by atoms with Crippen molar-refractivity contribution in [2.24, 2.45) is 11.3 Å². The Morgan fingerprint density at radius 2 is 1.79 bits per heavy atom. The van der Waals surface area contributed by atoms with Crippen LogP contribution in [0.3, 0.4) is 0 Å². The first-order valence-corrected chi connectivity index (χ1v) is 15.4. The normalized spacial score (nSPS) is 24.0. The number of carbonyl (C=O) groups is 2. The Morgan fingerprint density at radius 3 is 2.50 bits per heavy atom. The third-order valence-corrected chi connectivity index (χ3v) is 9.93. The van der Waals surface area contributed by atoms with Crippen LogP contribution < -0.4 is 0 Å². The molecule has 7 rings (SSSR count). The molecule has 3 aliphatic rings. The Morgan fingerprint density at radius 1 is 1.02 bits per heavy atom. The summed E-state index contributed by atoms with van der Waals surface area (Å²) in [6, 6.07) is 14.1. The summed E-state index contributed by atoms with van der Waals surface area (Å²) < 4.78 is 20.4. The van der Waals surface area contributed by atoms with Crippen molar-refractivity contribution >= 4 is 33.9 Å². The Balaban J connectivity index is 1.27. The molecule has 220 valence electrons. The van der Waals surface area contributed by atoms with Gasteiger partial charge in [-0.3, -0.25) is 4.79 Å². The number of carbonyl (C=O) groups excluding carboxylic acids is 2. The topological polar surface area (TPSA) is 84.6 Å². The fourth-order valence-electron chi connectivity index (χ4n) is 7.99. The average Bonchev–Trinajstić information content (AvgIpc) is 3.53. The van der Waals surface area contributed by atoms with E-state index in [4.69, 9.17) is 14.2 Å². The Hall–Kier alpha value is -3.65. The third-order valence-electron chi connectivity index (χ3n) is 9.93. The van der Waals surface area contributed by atoms with Crippen molar-refractivity contribution in [3.05, 3.63) is 65.5 Å². The van der Waals surface area contributed by atoms with Crippen LogP contribution in [0.4, 0.5) is 4.79 Å².